The average Bonchev–Trinajstić information content (AvgIpc) is 2.89. The minimum absolute atomic E-state index is 0.0326. The van der Waals surface area contributed by atoms with Gasteiger partial charge in [-0.15, -0.1) is 0 Å². The summed E-state index contributed by atoms with van der Waals surface area (Å²) in [6, 6.07) is 6.79. The second-order valence-electron chi connectivity index (χ2n) is 9.82. The van der Waals surface area contributed by atoms with E-state index in [-0.39, 0.29) is 5.60 Å². The number of fused-ring (bicyclic) bond motifs is 5. The number of hydrogen-bond acceptors (Lipinski definition) is 2. The van der Waals surface area contributed by atoms with Gasteiger partial charge < -0.3 is 9.47 Å². The number of methoxy groups -OCH3 is 1. The van der Waals surface area contributed by atoms with Crippen molar-refractivity contribution in [3.8, 4) is 5.75 Å². The Hall–Kier alpha value is -1.02. The summed E-state index contributed by atoms with van der Waals surface area (Å²) in [6.07, 6.45) is 8.22. The zero-order chi connectivity index (χ0) is 17.8. The smallest absolute Gasteiger partial charge is 0.119 e. The summed E-state index contributed by atoms with van der Waals surface area (Å²) in [5.74, 6) is 3.43. The maximum absolute atomic E-state index is 6.53. The third-order valence-electron chi connectivity index (χ3n) is 7.34. The summed E-state index contributed by atoms with van der Waals surface area (Å²) in [6.45, 7) is 9.15. The molecule has 25 heavy (non-hydrogen) atoms. The molecule has 0 aliphatic heterocycles. The van der Waals surface area contributed by atoms with E-state index >= 15 is 0 Å². The zero-order valence-corrected chi connectivity index (χ0v) is 16.6. The Morgan fingerprint density at radius 3 is 2.60 bits per heavy atom. The van der Waals surface area contributed by atoms with Crippen LogP contribution < -0.4 is 4.74 Å². The fourth-order valence-electron chi connectivity index (χ4n) is 6.26. The normalized spacial score (nSPS) is 37.2. The summed E-state index contributed by atoms with van der Waals surface area (Å²) < 4.78 is 12.0. The van der Waals surface area contributed by atoms with Gasteiger partial charge in [0.15, 0.2) is 0 Å². The summed E-state index contributed by atoms with van der Waals surface area (Å²) in [4.78, 5) is 0. The highest BCUT2D eigenvalue weighted by Gasteiger charge is 2.55. The van der Waals surface area contributed by atoms with Gasteiger partial charge in [0.25, 0.3) is 0 Å². The molecule has 0 radical (unpaired) electrons. The van der Waals surface area contributed by atoms with E-state index in [0.717, 1.165) is 23.5 Å². The molecule has 0 saturated heterocycles. The molecular weight excluding hydrogens is 308 g/mol. The highest BCUT2D eigenvalue weighted by atomic mass is 16.5. The predicted molar refractivity (Wildman–Crippen MR) is 102 cm³/mol. The van der Waals surface area contributed by atoms with Crippen LogP contribution in [-0.2, 0) is 11.2 Å². The summed E-state index contributed by atoms with van der Waals surface area (Å²) in [5.41, 5.74) is 3.48. The van der Waals surface area contributed by atoms with E-state index in [1.807, 2.05) is 0 Å². The molecule has 3 aliphatic rings. The van der Waals surface area contributed by atoms with Gasteiger partial charge in [0.1, 0.15) is 5.75 Å². The van der Waals surface area contributed by atoms with Gasteiger partial charge in [-0.25, -0.2) is 0 Å². The zero-order valence-electron chi connectivity index (χ0n) is 16.6. The van der Waals surface area contributed by atoms with Gasteiger partial charge in [-0.3, -0.25) is 0 Å². The van der Waals surface area contributed by atoms with E-state index in [2.05, 4.69) is 45.9 Å². The number of hydrogen-bond donors (Lipinski definition) is 0. The van der Waals surface area contributed by atoms with Crippen LogP contribution in [0.25, 0.3) is 0 Å². The third-order valence-corrected chi connectivity index (χ3v) is 7.34. The van der Waals surface area contributed by atoms with E-state index in [9.17, 15) is 0 Å². The molecule has 5 unspecified atom stereocenters. The Kier molecular flexibility index (Phi) is 4.18. The molecule has 2 nitrogen and oxygen atoms in total. The molecule has 0 aromatic heterocycles. The number of benzene rings is 1. The van der Waals surface area contributed by atoms with Crippen molar-refractivity contribution >= 4 is 0 Å². The van der Waals surface area contributed by atoms with Crippen LogP contribution in [0.15, 0.2) is 18.2 Å². The van der Waals surface area contributed by atoms with E-state index in [1.165, 1.54) is 44.1 Å². The summed E-state index contributed by atoms with van der Waals surface area (Å²) in [7, 11) is 1.77. The Labute approximate surface area is 153 Å². The van der Waals surface area contributed by atoms with Crippen LogP contribution in [0.4, 0.5) is 0 Å². The van der Waals surface area contributed by atoms with E-state index in [4.69, 9.17) is 9.47 Å². The van der Waals surface area contributed by atoms with Crippen molar-refractivity contribution in [2.45, 2.75) is 83.8 Å². The molecule has 0 bridgehead atoms. The van der Waals surface area contributed by atoms with Crippen LogP contribution >= 0.6 is 0 Å². The van der Waals surface area contributed by atoms with Gasteiger partial charge in [0, 0.05) is 0 Å². The molecule has 1 aromatic carbocycles. The Bertz CT molecular complexity index is 644. The first kappa shape index (κ1) is 17.4. The monoisotopic (exact) mass is 342 g/mol. The van der Waals surface area contributed by atoms with Crippen molar-refractivity contribution in [2.75, 3.05) is 7.11 Å². The Morgan fingerprint density at radius 2 is 1.88 bits per heavy atom. The molecular formula is C23H34O2. The van der Waals surface area contributed by atoms with Crippen molar-refractivity contribution in [1.82, 2.24) is 0 Å². The lowest BCUT2D eigenvalue weighted by Gasteiger charge is -2.51. The van der Waals surface area contributed by atoms with E-state index < -0.39 is 0 Å². The fraction of sp³-hybridized carbons (Fsp3) is 0.739. The second kappa shape index (κ2) is 6.01. The fourth-order valence-corrected chi connectivity index (χ4v) is 6.26. The van der Waals surface area contributed by atoms with Crippen molar-refractivity contribution < 1.29 is 9.47 Å². The molecule has 2 heteroatoms. The van der Waals surface area contributed by atoms with Crippen LogP contribution in [0.1, 0.15) is 76.8 Å². The van der Waals surface area contributed by atoms with Crippen LogP contribution in [-0.4, -0.2) is 18.8 Å². The van der Waals surface area contributed by atoms with E-state index in [0.29, 0.717) is 11.5 Å². The molecule has 3 aliphatic carbocycles. The number of ether oxygens (including phenoxy) is 2. The van der Waals surface area contributed by atoms with Crippen molar-refractivity contribution in [1.29, 1.82) is 0 Å². The van der Waals surface area contributed by atoms with Gasteiger partial charge in [0.05, 0.1) is 18.8 Å². The first-order valence-corrected chi connectivity index (χ1v) is 10.2. The highest BCUT2D eigenvalue weighted by Crippen LogP contribution is 2.62. The van der Waals surface area contributed by atoms with Crippen LogP contribution in [0.2, 0.25) is 0 Å². The van der Waals surface area contributed by atoms with Gasteiger partial charge in [-0.05, 0) is 106 Å². The van der Waals surface area contributed by atoms with Crippen LogP contribution in [0.5, 0.6) is 5.75 Å². The lowest BCUT2D eigenvalue weighted by molar-refractivity contribution is -0.125. The SMILES string of the molecule is COc1ccc2c(c1)CCC1C2CCC2(C)C(OC(C)(C)C)CCC12. The van der Waals surface area contributed by atoms with Crippen molar-refractivity contribution in [3.05, 3.63) is 29.3 Å². The molecule has 0 heterocycles. The molecule has 2 saturated carbocycles. The number of rotatable bonds is 2. The molecule has 0 N–H and O–H groups in total. The molecule has 2 fully saturated rings. The van der Waals surface area contributed by atoms with Crippen LogP contribution in [0, 0.1) is 17.3 Å². The first-order valence-electron chi connectivity index (χ1n) is 10.2. The van der Waals surface area contributed by atoms with Crippen molar-refractivity contribution in [3.63, 3.8) is 0 Å². The number of aryl methyl sites for hydroxylation is 1. The average molecular weight is 343 g/mol. The Morgan fingerprint density at radius 1 is 1.08 bits per heavy atom. The maximum Gasteiger partial charge on any atom is 0.119 e. The lowest BCUT2D eigenvalue weighted by atomic mass is 9.55. The van der Waals surface area contributed by atoms with E-state index in [1.54, 1.807) is 12.7 Å². The quantitative estimate of drug-likeness (QED) is 0.683. The van der Waals surface area contributed by atoms with Crippen LogP contribution in [0.3, 0.4) is 0 Å². The highest BCUT2D eigenvalue weighted by molar-refractivity contribution is 5.40. The first-order chi connectivity index (χ1) is 11.8. The molecule has 0 amide bonds. The van der Waals surface area contributed by atoms with Gasteiger partial charge in [-0.2, -0.15) is 0 Å². The minimum atomic E-state index is -0.0326. The molecule has 4 rings (SSSR count). The van der Waals surface area contributed by atoms with Crippen molar-refractivity contribution in [2.24, 2.45) is 17.3 Å². The largest absolute Gasteiger partial charge is 0.497 e. The van der Waals surface area contributed by atoms with Gasteiger partial charge >= 0.3 is 0 Å². The molecule has 138 valence electrons. The third kappa shape index (κ3) is 2.91. The molecule has 0 spiro atoms. The lowest BCUT2D eigenvalue weighted by Crippen LogP contribution is -2.46. The summed E-state index contributed by atoms with van der Waals surface area (Å²) in [5, 5.41) is 0. The molecule has 1 aromatic rings. The second-order valence-corrected chi connectivity index (χ2v) is 9.82. The predicted octanol–water partition coefficient (Wildman–Crippen LogP) is 5.74. The topological polar surface area (TPSA) is 18.5 Å². The Balaban J connectivity index is 1.60. The maximum atomic E-state index is 6.53. The summed E-state index contributed by atoms with van der Waals surface area (Å²) >= 11 is 0. The molecule has 5 atom stereocenters. The standard InChI is InChI=1S/C23H34O2/c1-22(2,3)25-21-11-10-20-19-8-6-15-14-16(24-5)7-9-17(15)18(19)12-13-23(20,21)4/h7,9,14,18-21H,6,8,10-13H2,1-5H3. The van der Waals surface area contributed by atoms with Gasteiger partial charge in [0.2, 0.25) is 0 Å². The van der Waals surface area contributed by atoms with Gasteiger partial charge in [-0.1, -0.05) is 13.0 Å². The minimum Gasteiger partial charge on any atom is -0.497 e.